The van der Waals surface area contributed by atoms with Crippen molar-refractivity contribution in [2.45, 2.75) is 12.5 Å². The molecule has 0 fully saturated rings. The van der Waals surface area contributed by atoms with Gasteiger partial charge in [-0.05, 0) is 59.2 Å². The normalized spacial score (nSPS) is 14.9. The third-order valence-electron chi connectivity index (χ3n) is 5.90. The highest BCUT2D eigenvalue weighted by molar-refractivity contribution is 6.00. The Kier molecular flexibility index (Phi) is 6.32. The van der Waals surface area contributed by atoms with Crippen molar-refractivity contribution in [2.24, 2.45) is 0 Å². The first kappa shape index (κ1) is 23.0. The smallest absolute Gasteiger partial charge is 0.335 e. The third kappa shape index (κ3) is 3.98. The lowest BCUT2D eigenvalue weighted by atomic mass is 9.86. The number of hydrogen-bond acceptors (Lipinski definition) is 6. The second-order valence-corrected chi connectivity index (χ2v) is 7.72. The lowest BCUT2D eigenvalue weighted by molar-refractivity contribution is -0.118. The monoisotopic (exact) mass is 463 g/mol. The van der Waals surface area contributed by atoms with Gasteiger partial charge in [0.15, 0.2) is 23.0 Å². The number of hydrogen-bond donors (Lipinski definition) is 1. The molecule has 1 aliphatic rings. The number of aromatic carboxylic acids is 1. The molecule has 4 rings (SSSR count). The fraction of sp³-hybridized carbons (Fsp3) is 0.231. The average Bonchev–Trinajstić information content (AvgIpc) is 2.86. The standard InChI is InChI=1S/C26H25NO7/c1-31-20-9-8-15(11-21(20)32-2)25-19-14-23(34-4)22(33-3)12-17(19)13-24(28)27(25)18-7-5-6-16(10-18)26(29)30/h5-12,14,25H,13H2,1-4H3,(H,29,30)/t25-/m1/s1. The van der Waals surface area contributed by atoms with Crippen molar-refractivity contribution in [3.05, 3.63) is 76.9 Å². The number of amides is 1. The van der Waals surface area contributed by atoms with Gasteiger partial charge in [-0.1, -0.05) is 12.1 Å². The molecule has 0 bridgehead atoms. The number of carboxylic acids is 1. The molecule has 0 unspecified atom stereocenters. The molecule has 0 saturated heterocycles. The Balaban J connectivity index is 1.97. The molecule has 0 saturated carbocycles. The van der Waals surface area contributed by atoms with Crippen molar-refractivity contribution in [2.75, 3.05) is 33.3 Å². The van der Waals surface area contributed by atoms with Gasteiger partial charge in [0.1, 0.15) is 0 Å². The van der Waals surface area contributed by atoms with Crippen LogP contribution in [0.1, 0.15) is 33.1 Å². The van der Waals surface area contributed by atoms with Crippen LogP contribution in [0, 0.1) is 0 Å². The molecule has 0 radical (unpaired) electrons. The summed E-state index contributed by atoms with van der Waals surface area (Å²) >= 11 is 0. The molecule has 176 valence electrons. The van der Waals surface area contributed by atoms with Gasteiger partial charge in [0.2, 0.25) is 5.91 Å². The third-order valence-corrected chi connectivity index (χ3v) is 5.90. The fourth-order valence-electron chi connectivity index (χ4n) is 4.31. The summed E-state index contributed by atoms with van der Waals surface area (Å²) < 4.78 is 21.9. The first-order valence-electron chi connectivity index (χ1n) is 10.5. The Morgan fingerprint density at radius 2 is 1.50 bits per heavy atom. The van der Waals surface area contributed by atoms with Crippen molar-refractivity contribution in [3.8, 4) is 23.0 Å². The zero-order valence-electron chi connectivity index (χ0n) is 19.3. The summed E-state index contributed by atoms with van der Waals surface area (Å²) in [7, 11) is 6.20. The van der Waals surface area contributed by atoms with E-state index in [4.69, 9.17) is 18.9 Å². The van der Waals surface area contributed by atoms with Crippen LogP contribution < -0.4 is 23.8 Å². The summed E-state index contributed by atoms with van der Waals surface area (Å²) in [6.07, 6.45) is 0.122. The number of ether oxygens (including phenoxy) is 4. The van der Waals surface area contributed by atoms with Gasteiger partial charge in [0.25, 0.3) is 0 Å². The summed E-state index contributed by atoms with van der Waals surface area (Å²) in [5.41, 5.74) is 2.97. The predicted octanol–water partition coefficient (Wildman–Crippen LogP) is 4.10. The van der Waals surface area contributed by atoms with Crippen molar-refractivity contribution in [1.82, 2.24) is 0 Å². The maximum Gasteiger partial charge on any atom is 0.335 e. The first-order valence-corrected chi connectivity index (χ1v) is 10.5. The molecule has 0 aromatic heterocycles. The van der Waals surface area contributed by atoms with Gasteiger partial charge in [0.05, 0.1) is 46.5 Å². The van der Waals surface area contributed by atoms with E-state index in [1.165, 1.54) is 12.1 Å². The second-order valence-electron chi connectivity index (χ2n) is 7.72. The molecule has 8 heteroatoms. The molecule has 0 spiro atoms. The van der Waals surface area contributed by atoms with Gasteiger partial charge in [-0.25, -0.2) is 4.79 Å². The number of nitrogens with zero attached hydrogens (tertiary/aromatic N) is 1. The fourth-order valence-corrected chi connectivity index (χ4v) is 4.31. The Labute approximate surface area is 197 Å². The largest absolute Gasteiger partial charge is 0.493 e. The van der Waals surface area contributed by atoms with Crippen LogP contribution >= 0.6 is 0 Å². The molecule has 1 atom stereocenters. The minimum Gasteiger partial charge on any atom is -0.493 e. The predicted molar refractivity (Wildman–Crippen MR) is 126 cm³/mol. The Morgan fingerprint density at radius 3 is 2.15 bits per heavy atom. The Hall–Kier alpha value is -4.20. The molecule has 1 amide bonds. The molecule has 3 aromatic carbocycles. The molecule has 8 nitrogen and oxygen atoms in total. The number of anilines is 1. The van der Waals surface area contributed by atoms with Gasteiger partial charge >= 0.3 is 5.97 Å². The highest BCUT2D eigenvalue weighted by atomic mass is 16.5. The number of carbonyl (C=O) groups is 2. The van der Waals surface area contributed by atoms with Crippen molar-refractivity contribution in [3.63, 3.8) is 0 Å². The number of carboxylic acid groups (broad SMARTS) is 1. The number of carbonyl (C=O) groups excluding carboxylic acids is 1. The molecule has 1 heterocycles. The van der Waals surface area contributed by atoms with Crippen LogP contribution in [0.4, 0.5) is 5.69 Å². The number of benzene rings is 3. The van der Waals surface area contributed by atoms with Crippen LogP contribution in [0.25, 0.3) is 0 Å². The SMILES string of the molecule is COc1ccc([C@@H]2c3cc(OC)c(OC)cc3CC(=O)N2c2cccc(C(=O)O)c2)cc1OC. The molecule has 3 aromatic rings. The van der Waals surface area contributed by atoms with Gasteiger partial charge in [-0.2, -0.15) is 0 Å². The van der Waals surface area contributed by atoms with E-state index in [1.54, 1.807) is 51.5 Å². The minimum absolute atomic E-state index is 0.0921. The summed E-state index contributed by atoms with van der Waals surface area (Å²) in [6.45, 7) is 0. The van der Waals surface area contributed by atoms with E-state index in [-0.39, 0.29) is 17.9 Å². The second kappa shape index (κ2) is 9.35. The number of rotatable bonds is 7. The van der Waals surface area contributed by atoms with E-state index >= 15 is 0 Å². The van der Waals surface area contributed by atoms with E-state index in [1.807, 2.05) is 24.3 Å². The van der Waals surface area contributed by atoms with Crippen LogP contribution in [0.3, 0.4) is 0 Å². The summed E-state index contributed by atoms with van der Waals surface area (Å²) in [5, 5.41) is 9.50. The van der Waals surface area contributed by atoms with Crippen LogP contribution in [0.2, 0.25) is 0 Å². The molecule has 1 aliphatic heterocycles. The van der Waals surface area contributed by atoms with Gasteiger partial charge in [-0.3, -0.25) is 4.79 Å². The number of fused-ring (bicyclic) bond motifs is 1. The molecule has 1 N–H and O–H groups in total. The van der Waals surface area contributed by atoms with Crippen LogP contribution in [-0.4, -0.2) is 45.4 Å². The highest BCUT2D eigenvalue weighted by Gasteiger charge is 2.36. The molecular formula is C26H25NO7. The van der Waals surface area contributed by atoms with Crippen LogP contribution in [-0.2, 0) is 11.2 Å². The van der Waals surface area contributed by atoms with E-state index in [2.05, 4.69) is 0 Å². The maximum atomic E-state index is 13.5. The van der Waals surface area contributed by atoms with E-state index in [9.17, 15) is 14.7 Å². The summed E-state index contributed by atoms with van der Waals surface area (Å²) in [5.74, 6) is 0.879. The topological polar surface area (TPSA) is 94.5 Å². The van der Waals surface area contributed by atoms with E-state index in [0.717, 1.165) is 16.7 Å². The minimum atomic E-state index is -1.07. The van der Waals surface area contributed by atoms with Crippen LogP contribution in [0.15, 0.2) is 54.6 Å². The Morgan fingerprint density at radius 1 is 0.853 bits per heavy atom. The summed E-state index contributed by atoms with van der Waals surface area (Å²) in [6, 6.07) is 14.9. The van der Waals surface area contributed by atoms with Crippen molar-refractivity contribution in [1.29, 1.82) is 0 Å². The molecule has 34 heavy (non-hydrogen) atoms. The average molecular weight is 463 g/mol. The van der Waals surface area contributed by atoms with Gasteiger partial charge < -0.3 is 29.0 Å². The zero-order valence-corrected chi connectivity index (χ0v) is 19.3. The van der Waals surface area contributed by atoms with Gasteiger partial charge in [-0.15, -0.1) is 0 Å². The molecule has 0 aliphatic carbocycles. The van der Waals surface area contributed by atoms with Crippen LogP contribution in [0.5, 0.6) is 23.0 Å². The van der Waals surface area contributed by atoms with E-state index < -0.39 is 12.0 Å². The zero-order chi connectivity index (χ0) is 24.4. The first-order chi connectivity index (χ1) is 16.4. The van der Waals surface area contributed by atoms with Crippen molar-refractivity contribution >= 4 is 17.6 Å². The highest BCUT2D eigenvalue weighted by Crippen LogP contribution is 2.44. The maximum absolute atomic E-state index is 13.5. The van der Waals surface area contributed by atoms with Gasteiger partial charge in [0, 0.05) is 5.69 Å². The number of methoxy groups -OCH3 is 4. The lowest BCUT2D eigenvalue weighted by Gasteiger charge is -2.38. The quantitative estimate of drug-likeness (QED) is 0.564. The van der Waals surface area contributed by atoms with E-state index in [0.29, 0.717) is 28.7 Å². The molecular weight excluding hydrogens is 438 g/mol. The van der Waals surface area contributed by atoms with Crippen molar-refractivity contribution < 1.29 is 33.6 Å². The lowest BCUT2D eigenvalue weighted by Crippen LogP contribution is -2.41. The Bertz CT molecular complexity index is 1250. The summed E-state index contributed by atoms with van der Waals surface area (Å²) in [4.78, 5) is 26.7.